The maximum Gasteiger partial charge on any atom is 0.144 e. The van der Waals surface area contributed by atoms with Gasteiger partial charge in [0.05, 0.1) is 13.3 Å². The van der Waals surface area contributed by atoms with Crippen LogP contribution in [0.5, 0.6) is 5.75 Å². The van der Waals surface area contributed by atoms with Gasteiger partial charge in [-0.05, 0) is 24.6 Å². The molecule has 1 aromatic heterocycles. The van der Waals surface area contributed by atoms with Crippen molar-refractivity contribution in [2.24, 2.45) is 0 Å². The van der Waals surface area contributed by atoms with Gasteiger partial charge in [0, 0.05) is 21.5 Å². The third-order valence-electron chi connectivity index (χ3n) is 2.45. The summed E-state index contributed by atoms with van der Waals surface area (Å²) >= 11 is 5.97. The fourth-order valence-electron chi connectivity index (χ4n) is 1.69. The summed E-state index contributed by atoms with van der Waals surface area (Å²) in [5.74, 6) is 0.791. The van der Waals surface area contributed by atoms with Crippen LogP contribution >= 0.6 is 11.6 Å². The van der Waals surface area contributed by atoms with Gasteiger partial charge in [0.2, 0.25) is 0 Å². The van der Waals surface area contributed by atoms with E-state index in [0.717, 1.165) is 33.7 Å². The standard InChI is InChI=1S/C12H12ClNO/c1-3-11-10-6-8(13)4-5-9(10)12(15-2)7-14-11/h4-7H,3H2,1-2H3. The quantitative estimate of drug-likeness (QED) is 0.775. The minimum atomic E-state index is 0.729. The van der Waals surface area contributed by atoms with Crippen LogP contribution < -0.4 is 4.74 Å². The van der Waals surface area contributed by atoms with Crippen molar-refractivity contribution in [3.63, 3.8) is 0 Å². The molecule has 1 heterocycles. The van der Waals surface area contributed by atoms with Gasteiger partial charge in [0.1, 0.15) is 5.75 Å². The summed E-state index contributed by atoms with van der Waals surface area (Å²) in [6.07, 6.45) is 2.65. The maximum absolute atomic E-state index is 5.97. The van der Waals surface area contributed by atoms with Crippen LogP contribution in [0.4, 0.5) is 0 Å². The lowest BCUT2D eigenvalue weighted by Crippen LogP contribution is -1.93. The molecule has 0 aliphatic heterocycles. The molecule has 0 fully saturated rings. The number of benzene rings is 1. The lowest BCUT2D eigenvalue weighted by atomic mass is 10.1. The second kappa shape index (κ2) is 4.07. The first kappa shape index (κ1) is 10.2. The van der Waals surface area contributed by atoms with Crippen molar-refractivity contribution in [1.29, 1.82) is 0 Å². The summed E-state index contributed by atoms with van der Waals surface area (Å²) in [4.78, 5) is 4.35. The van der Waals surface area contributed by atoms with Crippen LogP contribution in [0.3, 0.4) is 0 Å². The van der Waals surface area contributed by atoms with Crippen LogP contribution in [-0.2, 0) is 6.42 Å². The van der Waals surface area contributed by atoms with Gasteiger partial charge in [0.25, 0.3) is 0 Å². The first-order chi connectivity index (χ1) is 7.26. The number of rotatable bonds is 2. The normalized spacial score (nSPS) is 10.6. The summed E-state index contributed by atoms with van der Waals surface area (Å²) in [6.45, 7) is 2.08. The molecule has 0 bridgehead atoms. The second-order valence-corrected chi connectivity index (χ2v) is 3.75. The SMILES string of the molecule is CCc1ncc(OC)c2ccc(Cl)cc12. The van der Waals surface area contributed by atoms with E-state index in [9.17, 15) is 0 Å². The van der Waals surface area contributed by atoms with E-state index < -0.39 is 0 Å². The van der Waals surface area contributed by atoms with Crippen LogP contribution in [-0.4, -0.2) is 12.1 Å². The molecule has 3 heteroatoms. The Labute approximate surface area is 93.8 Å². The highest BCUT2D eigenvalue weighted by molar-refractivity contribution is 6.31. The van der Waals surface area contributed by atoms with Crippen molar-refractivity contribution in [2.75, 3.05) is 7.11 Å². The van der Waals surface area contributed by atoms with Gasteiger partial charge in [-0.1, -0.05) is 18.5 Å². The number of nitrogens with zero attached hydrogens (tertiary/aromatic N) is 1. The molecule has 2 nitrogen and oxygen atoms in total. The Morgan fingerprint density at radius 1 is 1.33 bits per heavy atom. The lowest BCUT2D eigenvalue weighted by Gasteiger charge is -2.08. The first-order valence-corrected chi connectivity index (χ1v) is 5.25. The van der Waals surface area contributed by atoms with Crippen LogP contribution in [0.15, 0.2) is 24.4 Å². The monoisotopic (exact) mass is 221 g/mol. The largest absolute Gasteiger partial charge is 0.494 e. The summed E-state index contributed by atoms with van der Waals surface area (Å²) in [5, 5.41) is 2.87. The second-order valence-electron chi connectivity index (χ2n) is 3.32. The molecule has 0 saturated carbocycles. The molecule has 0 unspecified atom stereocenters. The Bertz CT molecular complexity index is 496. The molecule has 2 rings (SSSR count). The van der Waals surface area contributed by atoms with Gasteiger partial charge >= 0.3 is 0 Å². The van der Waals surface area contributed by atoms with Crippen molar-refractivity contribution < 1.29 is 4.74 Å². The number of fused-ring (bicyclic) bond motifs is 1. The fourth-order valence-corrected chi connectivity index (χ4v) is 1.86. The Hall–Kier alpha value is -1.28. The minimum Gasteiger partial charge on any atom is -0.494 e. The lowest BCUT2D eigenvalue weighted by molar-refractivity contribution is 0.418. The van der Waals surface area contributed by atoms with Gasteiger partial charge in [-0.2, -0.15) is 0 Å². The number of halogens is 1. The van der Waals surface area contributed by atoms with Crippen LogP contribution in [0.2, 0.25) is 5.02 Å². The third kappa shape index (κ3) is 1.77. The highest BCUT2D eigenvalue weighted by Crippen LogP contribution is 2.29. The zero-order chi connectivity index (χ0) is 10.8. The van der Waals surface area contributed by atoms with Crippen molar-refractivity contribution in [3.8, 4) is 5.75 Å². The molecule has 0 saturated heterocycles. The molecular formula is C12H12ClNO. The Kier molecular flexibility index (Phi) is 2.78. The highest BCUT2D eigenvalue weighted by atomic mass is 35.5. The fraction of sp³-hybridized carbons (Fsp3) is 0.250. The predicted molar refractivity (Wildman–Crippen MR) is 62.7 cm³/mol. The highest BCUT2D eigenvalue weighted by Gasteiger charge is 2.06. The summed E-state index contributed by atoms with van der Waals surface area (Å²) in [7, 11) is 1.65. The number of methoxy groups -OCH3 is 1. The smallest absolute Gasteiger partial charge is 0.144 e. The van der Waals surface area contributed by atoms with Crippen LogP contribution in [0.1, 0.15) is 12.6 Å². The zero-order valence-electron chi connectivity index (χ0n) is 8.75. The Morgan fingerprint density at radius 2 is 2.13 bits per heavy atom. The number of aromatic nitrogens is 1. The van der Waals surface area contributed by atoms with E-state index in [1.165, 1.54) is 0 Å². The van der Waals surface area contributed by atoms with Crippen LogP contribution in [0, 0.1) is 0 Å². The molecule has 0 aliphatic rings. The molecule has 0 N–H and O–H groups in total. The number of hydrogen-bond acceptors (Lipinski definition) is 2. The summed E-state index contributed by atoms with van der Waals surface area (Å²) in [6, 6.07) is 5.77. The number of aryl methyl sites for hydroxylation is 1. The van der Waals surface area contributed by atoms with E-state index in [2.05, 4.69) is 11.9 Å². The van der Waals surface area contributed by atoms with E-state index in [1.807, 2.05) is 18.2 Å². The summed E-state index contributed by atoms with van der Waals surface area (Å²) < 4.78 is 5.26. The number of pyridine rings is 1. The zero-order valence-corrected chi connectivity index (χ0v) is 9.51. The van der Waals surface area contributed by atoms with Crippen molar-refractivity contribution in [2.45, 2.75) is 13.3 Å². The molecule has 0 amide bonds. The molecule has 2 aromatic rings. The molecule has 1 aromatic carbocycles. The molecule has 0 aliphatic carbocycles. The van der Waals surface area contributed by atoms with Gasteiger partial charge in [-0.25, -0.2) is 0 Å². The van der Waals surface area contributed by atoms with E-state index in [0.29, 0.717) is 0 Å². The first-order valence-electron chi connectivity index (χ1n) is 4.87. The topological polar surface area (TPSA) is 22.1 Å². The molecule has 0 spiro atoms. The Morgan fingerprint density at radius 3 is 2.80 bits per heavy atom. The molecule has 0 atom stereocenters. The van der Waals surface area contributed by atoms with Gasteiger partial charge in [-0.15, -0.1) is 0 Å². The van der Waals surface area contributed by atoms with E-state index >= 15 is 0 Å². The molecule has 15 heavy (non-hydrogen) atoms. The van der Waals surface area contributed by atoms with Crippen molar-refractivity contribution >= 4 is 22.4 Å². The maximum atomic E-state index is 5.97. The van der Waals surface area contributed by atoms with E-state index in [-0.39, 0.29) is 0 Å². The Balaban J connectivity index is 2.80. The van der Waals surface area contributed by atoms with Gasteiger partial charge in [0.15, 0.2) is 0 Å². The van der Waals surface area contributed by atoms with Gasteiger partial charge in [-0.3, -0.25) is 4.98 Å². The van der Waals surface area contributed by atoms with Crippen molar-refractivity contribution in [3.05, 3.63) is 35.1 Å². The van der Waals surface area contributed by atoms with Gasteiger partial charge < -0.3 is 4.74 Å². The predicted octanol–water partition coefficient (Wildman–Crippen LogP) is 3.46. The minimum absolute atomic E-state index is 0.729. The number of ether oxygens (including phenoxy) is 1. The van der Waals surface area contributed by atoms with E-state index in [1.54, 1.807) is 13.3 Å². The van der Waals surface area contributed by atoms with Crippen LogP contribution in [0.25, 0.3) is 10.8 Å². The average Bonchev–Trinajstić information content (AvgIpc) is 2.27. The number of hydrogen-bond donors (Lipinski definition) is 0. The summed E-state index contributed by atoms with van der Waals surface area (Å²) in [5.41, 5.74) is 1.05. The third-order valence-corrected chi connectivity index (χ3v) is 2.69. The average molecular weight is 222 g/mol. The molecule has 78 valence electrons. The molecule has 0 radical (unpaired) electrons. The molecular weight excluding hydrogens is 210 g/mol. The van der Waals surface area contributed by atoms with E-state index in [4.69, 9.17) is 16.3 Å². The van der Waals surface area contributed by atoms with Crippen molar-refractivity contribution in [1.82, 2.24) is 4.98 Å².